The summed E-state index contributed by atoms with van der Waals surface area (Å²) in [6, 6.07) is 6.05. The fraction of sp³-hybridized carbons (Fsp3) is 0.600. The molecule has 1 N–H and O–H groups in total. The molecule has 2 atom stereocenters. The molecule has 0 aliphatic heterocycles. The Hall–Kier alpha value is -0.410. The Morgan fingerprint density at radius 1 is 1.17 bits per heavy atom. The molecule has 18 heavy (non-hydrogen) atoms. The fourth-order valence-electron chi connectivity index (χ4n) is 2.76. The van der Waals surface area contributed by atoms with Crippen molar-refractivity contribution in [1.29, 1.82) is 0 Å². The smallest absolute Gasteiger partial charge is 0.126 e. The third-order valence-electron chi connectivity index (χ3n) is 4.31. The molecule has 0 spiro atoms. The van der Waals surface area contributed by atoms with Crippen molar-refractivity contribution in [3.8, 4) is 0 Å². The molecule has 0 saturated heterocycles. The van der Waals surface area contributed by atoms with Crippen LogP contribution in [-0.4, -0.2) is 12.6 Å². The van der Waals surface area contributed by atoms with E-state index in [9.17, 15) is 4.39 Å². The summed E-state index contributed by atoms with van der Waals surface area (Å²) < 4.78 is 14.7. The third-order valence-corrected chi connectivity index (χ3v) is 4.80. The Kier molecular flexibility index (Phi) is 3.71. The summed E-state index contributed by atoms with van der Waals surface area (Å²) in [5.41, 5.74) is 0.866. The SMILES string of the molecule is Fc1ccc(Br)cc1CC1CCC1CNC1CC1. The van der Waals surface area contributed by atoms with E-state index < -0.39 is 0 Å². The summed E-state index contributed by atoms with van der Waals surface area (Å²) in [6.45, 7) is 1.13. The molecule has 0 aromatic heterocycles. The van der Waals surface area contributed by atoms with Gasteiger partial charge in [0.2, 0.25) is 0 Å². The van der Waals surface area contributed by atoms with Crippen LogP contribution >= 0.6 is 15.9 Å². The maximum absolute atomic E-state index is 13.7. The predicted molar refractivity (Wildman–Crippen MR) is 75.0 cm³/mol. The van der Waals surface area contributed by atoms with E-state index >= 15 is 0 Å². The van der Waals surface area contributed by atoms with Gasteiger partial charge in [0.05, 0.1) is 0 Å². The van der Waals surface area contributed by atoms with Crippen LogP contribution in [0.2, 0.25) is 0 Å². The first-order chi connectivity index (χ1) is 8.72. The number of benzene rings is 1. The molecule has 2 aliphatic carbocycles. The van der Waals surface area contributed by atoms with E-state index in [1.54, 1.807) is 12.1 Å². The maximum atomic E-state index is 13.7. The lowest BCUT2D eigenvalue weighted by Gasteiger charge is -2.37. The molecule has 1 aromatic rings. The van der Waals surface area contributed by atoms with Crippen LogP contribution in [0.5, 0.6) is 0 Å². The molecule has 1 aromatic carbocycles. The van der Waals surface area contributed by atoms with Gasteiger partial charge in [-0.15, -0.1) is 0 Å². The van der Waals surface area contributed by atoms with Gasteiger partial charge in [0.15, 0.2) is 0 Å². The standard InChI is InChI=1S/C15H19BrFN/c16-13-3-6-15(17)12(8-13)7-10-1-2-11(10)9-18-14-4-5-14/h3,6,8,10-11,14,18H,1-2,4-5,7,9H2. The van der Waals surface area contributed by atoms with Crippen LogP contribution in [0.1, 0.15) is 31.2 Å². The average molecular weight is 312 g/mol. The molecule has 0 amide bonds. The monoisotopic (exact) mass is 311 g/mol. The van der Waals surface area contributed by atoms with Crippen molar-refractivity contribution in [3.63, 3.8) is 0 Å². The zero-order valence-corrected chi connectivity index (χ0v) is 12.0. The van der Waals surface area contributed by atoms with Crippen LogP contribution in [-0.2, 0) is 6.42 Å². The number of hydrogen-bond donors (Lipinski definition) is 1. The van der Waals surface area contributed by atoms with Gasteiger partial charge in [0.1, 0.15) is 5.82 Å². The molecule has 0 heterocycles. The first kappa shape index (κ1) is 12.6. The number of hydrogen-bond acceptors (Lipinski definition) is 1. The highest BCUT2D eigenvalue weighted by molar-refractivity contribution is 9.10. The van der Waals surface area contributed by atoms with Crippen LogP contribution in [0.4, 0.5) is 4.39 Å². The number of rotatable bonds is 5. The van der Waals surface area contributed by atoms with E-state index in [1.807, 2.05) is 6.07 Å². The summed E-state index contributed by atoms with van der Waals surface area (Å²) in [7, 11) is 0. The van der Waals surface area contributed by atoms with Crippen molar-refractivity contribution in [3.05, 3.63) is 34.1 Å². The maximum Gasteiger partial charge on any atom is 0.126 e. The van der Waals surface area contributed by atoms with Crippen LogP contribution in [0.3, 0.4) is 0 Å². The van der Waals surface area contributed by atoms with E-state index in [1.165, 1.54) is 25.7 Å². The minimum atomic E-state index is -0.0565. The van der Waals surface area contributed by atoms with Crippen LogP contribution in [0, 0.1) is 17.7 Å². The van der Waals surface area contributed by atoms with Gasteiger partial charge in [0.25, 0.3) is 0 Å². The highest BCUT2D eigenvalue weighted by atomic mass is 79.9. The van der Waals surface area contributed by atoms with Gasteiger partial charge in [-0.3, -0.25) is 0 Å². The molecule has 3 rings (SSSR count). The highest BCUT2D eigenvalue weighted by Crippen LogP contribution is 2.37. The normalized spacial score (nSPS) is 27.0. The van der Waals surface area contributed by atoms with E-state index in [0.29, 0.717) is 5.92 Å². The minimum absolute atomic E-state index is 0.0565. The lowest BCUT2D eigenvalue weighted by molar-refractivity contribution is 0.169. The van der Waals surface area contributed by atoms with Gasteiger partial charge in [-0.2, -0.15) is 0 Å². The van der Waals surface area contributed by atoms with E-state index in [2.05, 4.69) is 21.2 Å². The molecule has 2 saturated carbocycles. The minimum Gasteiger partial charge on any atom is -0.314 e. The van der Waals surface area contributed by atoms with Gasteiger partial charge in [-0.25, -0.2) is 4.39 Å². The second-order valence-corrected chi connectivity index (χ2v) is 6.64. The van der Waals surface area contributed by atoms with E-state index in [0.717, 1.165) is 35.0 Å². The lowest BCUT2D eigenvalue weighted by Crippen LogP contribution is -2.37. The molecule has 2 aliphatic rings. The van der Waals surface area contributed by atoms with Crippen molar-refractivity contribution in [2.75, 3.05) is 6.54 Å². The quantitative estimate of drug-likeness (QED) is 0.869. The van der Waals surface area contributed by atoms with Gasteiger partial charge in [-0.05, 0) is 74.2 Å². The van der Waals surface area contributed by atoms with Crippen molar-refractivity contribution in [2.24, 2.45) is 11.8 Å². The Morgan fingerprint density at radius 2 is 1.94 bits per heavy atom. The fourth-order valence-corrected chi connectivity index (χ4v) is 3.17. The van der Waals surface area contributed by atoms with Crippen LogP contribution in [0.25, 0.3) is 0 Å². The van der Waals surface area contributed by atoms with Crippen molar-refractivity contribution >= 4 is 15.9 Å². The zero-order valence-electron chi connectivity index (χ0n) is 10.5. The summed E-state index contributed by atoms with van der Waals surface area (Å²) in [6.07, 6.45) is 6.14. The van der Waals surface area contributed by atoms with Gasteiger partial charge in [0, 0.05) is 10.5 Å². The highest BCUT2D eigenvalue weighted by Gasteiger charge is 2.32. The zero-order chi connectivity index (χ0) is 12.5. The summed E-state index contributed by atoms with van der Waals surface area (Å²) in [5.74, 6) is 1.36. The topological polar surface area (TPSA) is 12.0 Å². The first-order valence-corrected chi connectivity index (χ1v) is 7.69. The summed E-state index contributed by atoms with van der Waals surface area (Å²) in [5, 5.41) is 3.60. The van der Waals surface area contributed by atoms with Gasteiger partial charge < -0.3 is 5.32 Å². The third kappa shape index (κ3) is 2.94. The van der Waals surface area contributed by atoms with Crippen LogP contribution in [0.15, 0.2) is 22.7 Å². The molecular weight excluding hydrogens is 293 g/mol. The summed E-state index contributed by atoms with van der Waals surface area (Å²) >= 11 is 3.42. The Labute approximate surface area is 116 Å². The molecule has 3 heteroatoms. The second kappa shape index (κ2) is 5.30. The van der Waals surface area contributed by atoms with Crippen molar-refractivity contribution in [2.45, 2.75) is 38.1 Å². The Morgan fingerprint density at radius 3 is 2.61 bits per heavy atom. The van der Waals surface area contributed by atoms with Crippen molar-refractivity contribution in [1.82, 2.24) is 5.32 Å². The molecule has 98 valence electrons. The molecule has 0 bridgehead atoms. The van der Waals surface area contributed by atoms with Gasteiger partial charge >= 0.3 is 0 Å². The average Bonchev–Trinajstić information content (AvgIpc) is 3.13. The Balaban J connectivity index is 1.56. The molecule has 2 fully saturated rings. The number of halogens is 2. The Bertz CT molecular complexity index is 431. The summed E-state index contributed by atoms with van der Waals surface area (Å²) in [4.78, 5) is 0. The molecular formula is C15H19BrFN. The molecule has 1 nitrogen and oxygen atoms in total. The van der Waals surface area contributed by atoms with E-state index in [4.69, 9.17) is 0 Å². The van der Waals surface area contributed by atoms with Gasteiger partial charge in [-0.1, -0.05) is 15.9 Å². The number of nitrogens with one attached hydrogen (secondary N) is 1. The lowest BCUT2D eigenvalue weighted by atomic mass is 9.70. The van der Waals surface area contributed by atoms with Crippen LogP contribution < -0.4 is 5.32 Å². The van der Waals surface area contributed by atoms with E-state index in [-0.39, 0.29) is 5.82 Å². The second-order valence-electron chi connectivity index (χ2n) is 5.72. The molecule has 2 unspecified atom stereocenters. The predicted octanol–water partition coefficient (Wildman–Crippen LogP) is 3.91. The first-order valence-electron chi connectivity index (χ1n) is 6.89. The van der Waals surface area contributed by atoms with Crippen molar-refractivity contribution < 1.29 is 4.39 Å². The molecule has 0 radical (unpaired) electrons. The largest absolute Gasteiger partial charge is 0.314 e.